The molecular weight excluding hydrogens is 352 g/mol. The van der Waals surface area contributed by atoms with Crippen LogP contribution in [0.3, 0.4) is 0 Å². The summed E-state index contributed by atoms with van der Waals surface area (Å²) >= 11 is 5.98. The second kappa shape index (κ2) is 7.84. The highest BCUT2D eigenvalue weighted by atomic mass is 35.5. The molecule has 1 aromatic heterocycles. The summed E-state index contributed by atoms with van der Waals surface area (Å²) < 4.78 is 4.73. The van der Waals surface area contributed by atoms with Crippen LogP contribution in [0.1, 0.15) is 15.9 Å². The highest BCUT2D eigenvalue weighted by Gasteiger charge is 2.07. The number of carbonyl (C=O) groups is 1. The first kappa shape index (κ1) is 17.7. The third-order valence-corrected chi connectivity index (χ3v) is 3.91. The third kappa shape index (κ3) is 4.29. The number of esters is 1. The van der Waals surface area contributed by atoms with Crippen LogP contribution in [0.5, 0.6) is 0 Å². The Morgan fingerprint density at radius 1 is 1.04 bits per heavy atom. The average Bonchev–Trinajstić information content (AvgIpc) is 2.64. The average molecular weight is 369 g/mol. The lowest BCUT2D eigenvalue weighted by molar-refractivity contribution is 0.0601. The number of hydrogen-bond acceptors (Lipinski definition) is 6. The predicted molar refractivity (Wildman–Crippen MR) is 103 cm³/mol. The van der Waals surface area contributed by atoms with Crippen molar-refractivity contribution in [2.75, 3.05) is 17.7 Å². The number of aryl methyl sites for hydroxylation is 1. The van der Waals surface area contributed by atoms with Crippen LogP contribution in [-0.2, 0) is 4.74 Å². The standard InChI is InChI=1S/C19H17ClN4O2/c1-12-8-14(20)6-7-16(12)24-18-10-17(21-11-22-18)23-15-5-3-4-13(9-15)19(25)26-2/h3-11H,1-2H3,(H2,21,22,23,24). The zero-order valence-corrected chi connectivity index (χ0v) is 15.0. The first-order valence-corrected chi connectivity index (χ1v) is 8.23. The largest absolute Gasteiger partial charge is 0.465 e. The molecule has 0 aliphatic rings. The van der Waals surface area contributed by atoms with Crippen molar-refractivity contribution in [2.24, 2.45) is 0 Å². The number of carbonyl (C=O) groups excluding carboxylic acids is 1. The Morgan fingerprint density at radius 2 is 1.81 bits per heavy atom. The molecule has 0 saturated heterocycles. The number of rotatable bonds is 5. The maximum Gasteiger partial charge on any atom is 0.337 e. The normalized spacial score (nSPS) is 10.3. The highest BCUT2D eigenvalue weighted by Crippen LogP contribution is 2.24. The maximum absolute atomic E-state index is 11.6. The van der Waals surface area contributed by atoms with Crippen molar-refractivity contribution in [1.82, 2.24) is 9.97 Å². The molecule has 0 atom stereocenters. The van der Waals surface area contributed by atoms with Crippen LogP contribution in [0.25, 0.3) is 0 Å². The SMILES string of the molecule is COC(=O)c1cccc(Nc2cc(Nc3ccc(Cl)cc3C)ncn2)c1. The Hall–Kier alpha value is -3.12. The second-order valence-electron chi connectivity index (χ2n) is 5.57. The molecule has 2 N–H and O–H groups in total. The van der Waals surface area contributed by atoms with E-state index in [0.29, 0.717) is 22.2 Å². The summed E-state index contributed by atoms with van der Waals surface area (Å²) in [6, 6.07) is 14.4. The van der Waals surface area contributed by atoms with E-state index in [2.05, 4.69) is 20.6 Å². The van der Waals surface area contributed by atoms with E-state index < -0.39 is 5.97 Å². The van der Waals surface area contributed by atoms with Crippen LogP contribution in [0.2, 0.25) is 5.02 Å². The topological polar surface area (TPSA) is 76.1 Å². The fourth-order valence-electron chi connectivity index (χ4n) is 2.39. The minimum Gasteiger partial charge on any atom is -0.465 e. The number of methoxy groups -OCH3 is 1. The van der Waals surface area contributed by atoms with Gasteiger partial charge in [0, 0.05) is 22.5 Å². The lowest BCUT2D eigenvalue weighted by Crippen LogP contribution is -2.03. The van der Waals surface area contributed by atoms with Gasteiger partial charge in [-0.05, 0) is 48.9 Å². The van der Waals surface area contributed by atoms with E-state index in [1.807, 2.05) is 31.2 Å². The third-order valence-electron chi connectivity index (χ3n) is 3.67. The number of benzene rings is 2. The molecule has 0 unspecified atom stereocenters. The van der Waals surface area contributed by atoms with Crippen LogP contribution >= 0.6 is 11.6 Å². The Bertz CT molecular complexity index is 946. The molecule has 3 rings (SSSR count). The molecule has 6 nitrogen and oxygen atoms in total. The smallest absolute Gasteiger partial charge is 0.337 e. The van der Waals surface area contributed by atoms with Crippen molar-refractivity contribution in [2.45, 2.75) is 6.92 Å². The van der Waals surface area contributed by atoms with Crippen molar-refractivity contribution in [1.29, 1.82) is 0 Å². The molecule has 0 bridgehead atoms. The number of halogens is 1. The summed E-state index contributed by atoms with van der Waals surface area (Å²) in [6.07, 6.45) is 1.46. The van der Waals surface area contributed by atoms with Crippen LogP contribution in [0.4, 0.5) is 23.0 Å². The number of aromatic nitrogens is 2. The van der Waals surface area contributed by atoms with E-state index in [1.54, 1.807) is 24.3 Å². The molecule has 1 heterocycles. The van der Waals surface area contributed by atoms with Gasteiger partial charge in [0.05, 0.1) is 12.7 Å². The minimum atomic E-state index is -0.392. The van der Waals surface area contributed by atoms with Gasteiger partial charge in [-0.25, -0.2) is 14.8 Å². The van der Waals surface area contributed by atoms with Gasteiger partial charge in [-0.15, -0.1) is 0 Å². The van der Waals surface area contributed by atoms with E-state index >= 15 is 0 Å². The number of hydrogen-bond donors (Lipinski definition) is 2. The van der Waals surface area contributed by atoms with Crippen molar-refractivity contribution >= 4 is 40.6 Å². The van der Waals surface area contributed by atoms with Crippen LogP contribution in [0, 0.1) is 6.92 Å². The molecule has 0 amide bonds. The van der Waals surface area contributed by atoms with Crippen molar-refractivity contribution in [3.05, 3.63) is 71.0 Å². The van der Waals surface area contributed by atoms with E-state index in [0.717, 1.165) is 16.9 Å². The summed E-state index contributed by atoms with van der Waals surface area (Å²) in [5.41, 5.74) is 3.10. The van der Waals surface area contributed by atoms with Gasteiger partial charge in [-0.2, -0.15) is 0 Å². The number of ether oxygens (including phenoxy) is 1. The fraction of sp³-hybridized carbons (Fsp3) is 0.105. The van der Waals surface area contributed by atoms with E-state index in [1.165, 1.54) is 13.4 Å². The lowest BCUT2D eigenvalue weighted by Gasteiger charge is -2.11. The molecular formula is C19H17ClN4O2. The molecule has 0 aliphatic carbocycles. The van der Waals surface area contributed by atoms with Gasteiger partial charge in [0.25, 0.3) is 0 Å². The monoisotopic (exact) mass is 368 g/mol. The van der Waals surface area contributed by atoms with E-state index in [9.17, 15) is 4.79 Å². The quantitative estimate of drug-likeness (QED) is 0.635. The van der Waals surface area contributed by atoms with Gasteiger partial charge < -0.3 is 15.4 Å². The van der Waals surface area contributed by atoms with Gasteiger partial charge in [-0.3, -0.25) is 0 Å². The summed E-state index contributed by atoms with van der Waals surface area (Å²) in [5.74, 6) is 0.838. The molecule has 0 saturated carbocycles. The van der Waals surface area contributed by atoms with Crippen molar-refractivity contribution in [3.63, 3.8) is 0 Å². The van der Waals surface area contributed by atoms with E-state index in [-0.39, 0.29) is 0 Å². The fourth-order valence-corrected chi connectivity index (χ4v) is 2.62. The van der Waals surface area contributed by atoms with Gasteiger partial charge in [0.15, 0.2) is 0 Å². The summed E-state index contributed by atoms with van der Waals surface area (Å²) in [7, 11) is 1.35. The predicted octanol–water partition coefficient (Wildman–Crippen LogP) is 4.71. The second-order valence-corrected chi connectivity index (χ2v) is 6.01. The molecule has 0 fully saturated rings. The summed E-state index contributed by atoms with van der Waals surface area (Å²) in [4.78, 5) is 20.1. The van der Waals surface area contributed by atoms with Gasteiger partial charge >= 0.3 is 5.97 Å². The molecule has 7 heteroatoms. The molecule has 26 heavy (non-hydrogen) atoms. The Balaban J connectivity index is 1.78. The zero-order chi connectivity index (χ0) is 18.5. The lowest BCUT2D eigenvalue weighted by atomic mass is 10.2. The van der Waals surface area contributed by atoms with Gasteiger partial charge in [0.2, 0.25) is 0 Å². The van der Waals surface area contributed by atoms with E-state index in [4.69, 9.17) is 16.3 Å². The van der Waals surface area contributed by atoms with Gasteiger partial charge in [0.1, 0.15) is 18.0 Å². The first-order valence-electron chi connectivity index (χ1n) is 7.86. The van der Waals surface area contributed by atoms with Crippen LogP contribution < -0.4 is 10.6 Å². The van der Waals surface area contributed by atoms with Crippen LogP contribution in [-0.4, -0.2) is 23.0 Å². The minimum absolute atomic E-state index is 0.392. The molecule has 2 aromatic carbocycles. The Kier molecular flexibility index (Phi) is 5.34. The first-order chi connectivity index (χ1) is 12.5. The molecule has 0 radical (unpaired) electrons. The van der Waals surface area contributed by atoms with Gasteiger partial charge in [-0.1, -0.05) is 17.7 Å². The maximum atomic E-state index is 11.6. The van der Waals surface area contributed by atoms with Crippen LogP contribution in [0.15, 0.2) is 54.9 Å². The Morgan fingerprint density at radius 3 is 2.54 bits per heavy atom. The highest BCUT2D eigenvalue weighted by molar-refractivity contribution is 6.30. The summed E-state index contributed by atoms with van der Waals surface area (Å²) in [5, 5.41) is 7.08. The number of nitrogens with zero attached hydrogens (tertiary/aromatic N) is 2. The molecule has 3 aromatic rings. The number of nitrogens with one attached hydrogen (secondary N) is 2. The zero-order valence-electron chi connectivity index (χ0n) is 14.3. The van der Waals surface area contributed by atoms with Crippen molar-refractivity contribution in [3.8, 4) is 0 Å². The van der Waals surface area contributed by atoms with Crippen molar-refractivity contribution < 1.29 is 9.53 Å². The number of anilines is 4. The summed E-state index contributed by atoms with van der Waals surface area (Å²) in [6.45, 7) is 1.97. The Labute approximate surface area is 156 Å². The molecule has 132 valence electrons. The molecule has 0 spiro atoms. The molecule has 0 aliphatic heterocycles.